The smallest absolute Gasteiger partial charge is 0.238 e. The van der Waals surface area contributed by atoms with Crippen LogP contribution in [0.2, 0.25) is 10.0 Å². The second-order valence-corrected chi connectivity index (χ2v) is 5.25. The third-order valence-corrected chi connectivity index (χ3v) is 3.45. The van der Waals surface area contributed by atoms with Gasteiger partial charge in [-0.1, -0.05) is 28.4 Å². The fourth-order valence-corrected chi connectivity index (χ4v) is 2.48. The van der Waals surface area contributed by atoms with Gasteiger partial charge in [0.25, 0.3) is 0 Å². The van der Waals surface area contributed by atoms with Crippen LogP contribution in [0.25, 0.3) is 0 Å². The number of halogens is 2. The van der Waals surface area contributed by atoms with Gasteiger partial charge in [0.05, 0.1) is 0 Å². The molecule has 3 N–H and O–H groups in total. The highest BCUT2D eigenvalue weighted by atomic mass is 35.5. The van der Waals surface area contributed by atoms with Gasteiger partial charge in [0.2, 0.25) is 5.88 Å². The molecule has 0 saturated heterocycles. The molecular weight excluding hydrogens is 313 g/mol. The van der Waals surface area contributed by atoms with Crippen LogP contribution in [0.3, 0.4) is 0 Å². The summed E-state index contributed by atoms with van der Waals surface area (Å²) < 4.78 is 5.77. The molecule has 0 aliphatic rings. The second-order valence-electron chi connectivity index (χ2n) is 4.43. The van der Waals surface area contributed by atoms with Crippen molar-refractivity contribution in [1.82, 2.24) is 4.98 Å². The van der Waals surface area contributed by atoms with E-state index >= 15 is 0 Å². The molecule has 110 valence electrons. The van der Waals surface area contributed by atoms with E-state index in [1.807, 2.05) is 13.8 Å². The predicted molar refractivity (Wildman–Crippen MR) is 82.8 cm³/mol. The number of nitrogens with zero attached hydrogens (tertiary/aromatic N) is 2. The van der Waals surface area contributed by atoms with Crippen LogP contribution in [-0.4, -0.2) is 16.0 Å². The molecule has 1 aromatic carbocycles. The van der Waals surface area contributed by atoms with E-state index in [0.29, 0.717) is 16.3 Å². The number of ether oxygens (including phenoxy) is 1. The number of benzene rings is 1. The number of aryl methyl sites for hydroxylation is 2. The lowest BCUT2D eigenvalue weighted by atomic mass is 10.1. The first-order valence-electron chi connectivity index (χ1n) is 6.01. The summed E-state index contributed by atoms with van der Waals surface area (Å²) in [6, 6.07) is 5.10. The van der Waals surface area contributed by atoms with Crippen molar-refractivity contribution < 1.29 is 9.94 Å². The van der Waals surface area contributed by atoms with Gasteiger partial charge in [-0.3, -0.25) is 0 Å². The topological polar surface area (TPSA) is 80.7 Å². The molecule has 0 radical (unpaired) electrons. The Morgan fingerprint density at radius 3 is 2.48 bits per heavy atom. The van der Waals surface area contributed by atoms with Crippen molar-refractivity contribution in [3.8, 4) is 11.6 Å². The maximum atomic E-state index is 8.74. The summed E-state index contributed by atoms with van der Waals surface area (Å²) in [5.41, 5.74) is 7.60. The molecule has 0 aliphatic carbocycles. The molecule has 0 atom stereocenters. The van der Waals surface area contributed by atoms with E-state index in [9.17, 15) is 0 Å². The van der Waals surface area contributed by atoms with E-state index in [1.54, 1.807) is 12.1 Å². The molecular formula is C14H13Cl2N3O2. The molecule has 0 aliphatic heterocycles. The maximum Gasteiger partial charge on any atom is 0.238 e. The van der Waals surface area contributed by atoms with Crippen LogP contribution in [0.4, 0.5) is 0 Å². The Morgan fingerprint density at radius 2 is 1.90 bits per heavy atom. The molecule has 0 unspecified atom stereocenters. The Morgan fingerprint density at radius 1 is 1.29 bits per heavy atom. The quantitative estimate of drug-likeness (QED) is 0.388. The van der Waals surface area contributed by atoms with Crippen LogP contribution in [0.5, 0.6) is 11.6 Å². The molecule has 2 aromatic rings. The lowest BCUT2D eigenvalue weighted by Crippen LogP contribution is -2.14. The van der Waals surface area contributed by atoms with Gasteiger partial charge in [-0.2, -0.15) is 0 Å². The van der Waals surface area contributed by atoms with Crippen molar-refractivity contribution >= 4 is 29.0 Å². The standard InChI is InChI=1S/C14H13Cl2N3O2/c1-7-5-9(15)6-8(2)12(7)21-14-11(16)10(3-4-18-14)13(17)19-20/h3-6,20H,1-2H3,(H2,17,19). The Kier molecular flexibility index (Phi) is 4.55. The molecule has 0 fully saturated rings. The van der Waals surface area contributed by atoms with Gasteiger partial charge in [0.1, 0.15) is 10.8 Å². The molecule has 21 heavy (non-hydrogen) atoms. The zero-order chi connectivity index (χ0) is 15.6. The minimum absolute atomic E-state index is 0.114. The van der Waals surface area contributed by atoms with Crippen molar-refractivity contribution in [2.45, 2.75) is 13.8 Å². The number of hydrogen-bond acceptors (Lipinski definition) is 4. The summed E-state index contributed by atoms with van der Waals surface area (Å²) in [5.74, 6) is 0.677. The average molecular weight is 326 g/mol. The highest BCUT2D eigenvalue weighted by Gasteiger charge is 2.15. The second kappa shape index (κ2) is 6.20. The Hall–Kier alpha value is -1.98. The molecule has 0 bridgehead atoms. The Bertz CT molecular complexity index is 694. The number of hydrogen-bond donors (Lipinski definition) is 2. The van der Waals surface area contributed by atoms with Crippen molar-refractivity contribution in [3.63, 3.8) is 0 Å². The summed E-state index contributed by atoms with van der Waals surface area (Å²) in [5, 5.41) is 12.5. The normalized spacial score (nSPS) is 11.5. The Labute approximate surface area is 132 Å². The van der Waals surface area contributed by atoms with Crippen molar-refractivity contribution in [1.29, 1.82) is 0 Å². The number of amidine groups is 1. The van der Waals surface area contributed by atoms with Gasteiger partial charge < -0.3 is 15.7 Å². The van der Waals surface area contributed by atoms with Gasteiger partial charge in [0, 0.05) is 16.8 Å². The van der Waals surface area contributed by atoms with E-state index in [2.05, 4.69) is 10.1 Å². The molecule has 0 spiro atoms. The van der Waals surface area contributed by atoms with Crippen molar-refractivity contribution in [2.24, 2.45) is 10.9 Å². The molecule has 1 aromatic heterocycles. The molecule has 5 nitrogen and oxygen atoms in total. The zero-order valence-corrected chi connectivity index (χ0v) is 12.9. The van der Waals surface area contributed by atoms with E-state index < -0.39 is 0 Å². The number of pyridine rings is 1. The third kappa shape index (κ3) is 3.20. The highest BCUT2D eigenvalue weighted by molar-refractivity contribution is 6.35. The van der Waals surface area contributed by atoms with E-state index in [0.717, 1.165) is 11.1 Å². The van der Waals surface area contributed by atoms with E-state index in [4.69, 9.17) is 38.9 Å². The Balaban J connectivity index is 2.46. The fraction of sp³-hybridized carbons (Fsp3) is 0.143. The number of nitrogens with two attached hydrogens (primary N) is 1. The molecule has 2 rings (SSSR count). The number of oxime groups is 1. The number of rotatable bonds is 3. The largest absolute Gasteiger partial charge is 0.437 e. The SMILES string of the molecule is Cc1cc(Cl)cc(C)c1Oc1nccc(/C(N)=N/O)c1Cl. The summed E-state index contributed by atoms with van der Waals surface area (Å²) >= 11 is 12.2. The lowest BCUT2D eigenvalue weighted by molar-refractivity contribution is 0.318. The summed E-state index contributed by atoms with van der Waals surface area (Å²) in [6.45, 7) is 3.74. The molecule has 7 heteroatoms. The molecule has 0 saturated carbocycles. The minimum atomic E-state index is -0.114. The zero-order valence-electron chi connectivity index (χ0n) is 11.4. The maximum absolute atomic E-state index is 8.74. The summed E-state index contributed by atoms with van der Waals surface area (Å²) in [6.07, 6.45) is 1.47. The van der Waals surface area contributed by atoms with Crippen LogP contribution in [0.1, 0.15) is 16.7 Å². The van der Waals surface area contributed by atoms with Gasteiger partial charge in [0.15, 0.2) is 5.84 Å². The van der Waals surface area contributed by atoms with E-state index in [-0.39, 0.29) is 16.7 Å². The van der Waals surface area contributed by atoms with Crippen LogP contribution >= 0.6 is 23.2 Å². The fourth-order valence-electron chi connectivity index (χ4n) is 1.90. The monoisotopic (exact) mass is 325 g/mol. The average Bonchev–Trinajstić information content (AvgIpc) is 2.43. The first kappa shape index (κ1) is 15.4. The van der Waals surface area contributed by atoms with Crippen molar-refractivity contribution in [3.05, 3.63) is 51.1 Å². The van der Waals surface area contributed by atoms with Gasteiger partial charge >= 0.3 is 0 Å². The highest BCUT2D eigenvalue weighted by Crippen LogP contribution is 2.34. The minimum Gasteiger partial charge on any atom is -0.437 e. The van der Waals surface area contributed by atoms with E-state index in [1.165, 1.54) is 12.3 Å². The van der Waals surface area contributed by atoms with Crippen LogP contribution < -0.4 is 10.5 Å². The summed E-state index contributed by atoms with van der Waals surface area (Å²) in [4.78, 5) is 4.08. The van der Waals surface area contributed by atoms with Gasteiger partial charge in [-0.25, -0.2) is 4.98 Å². The van der Waals surface area contributed by atoms with Gasteiger partial charge in [-0.15, -0.1) is 0 Å². The number of aromatic nitrogens is 1. The van der Waals surface area contributed by atoms with Crippen LogP contribution in [-0.2, 0) is 0 Å². The first-order chi connectivity index (χ1) is 9.93. The van der Waals surface area contributed by atoms with Gasteiger partial charge in [-0.05, 0) is 43.2 Å². The van der Waals surface area contributed by atoms with Crippen LogP contribution in [0.15, 0.2) is 29.6 Å². The third-order valence-electron chi connectivity index (χ3n) is 2.86. The molecule has 1 heterocycles. The lowest BCUT2D eigenvalue weighted by Gasteiger charge is -2.13. The van der Waals surface area contributed by atoms with Crippen LogP contribution in [0, 0.1) is 13.8 Å². The first-order valence-corrected chi connectivity index (χ1v) is 6.76. The molecule has 0 amide bonds. The predicted octanol–water partition coefficient (Wildman–Crippen LogP) is 3.89. The van der Waals surface area contributed by atoms with Crippen molar-refractivity contribution in [2.75, 3.05) is 0 Å². The summed E-state index contributed by atoms with van der Waals surface area (Å²) in [7, 11) is 0.